The van der Waals surface area contributed by atoms with Crippen molar-refractivity contribution in [2.24, 2.45) is 9.50 Å². The zero-order valence-corrected chi connectivity index (χ0v) is 20.8. The summed E-state index contributed by atoms with van der Waals surface area (Å²) in [6, 6.07) is 9.64. The molecule has 1 aliphatic rings. The van der Waals surface area contributed by atoms with Crippen molar-refractivity contribution in [3.8, 4) is 5.75 Å². The zero-order chi connectivity index (χ0) is 24.3. The summed E-state index contributed by atoms with van der Waals surface area (Å²) in [4.78, 5) is 15.2. The molecule has 33 heavy (non-hydrogen) atoms. The minimum atomic E-state index is -3.39. The molecule has 3 rings (SSSR count). The van der Waals surface area contributed by atoms with E-state index in [2.05, 4.69) is 9.68 Å². The van der Waals surface area contributed by atoms with Crippen molar-refractivity contribution >= 4 is 29.5 Å². The molecule has 2 aromatic rings. The number of hydrogen-bond donors (Lipinski definition) is 2. The van der Waals surface area contributed by atoms with Crippen LogP contribution in [0.5, 0.6) is 5.75 Å². The summed E-state index contributed by atoms with van der Waals surface area (Å²) < 4.78 is 22.6. The molecular formula is C24H33BN4O3S. The van der Waals surface area contributed by atoms with Gasteiger partial charge in [-0.3, -0.25) is 0 Å². The third-order valence-corrected chi connectivity index (χ3v) is 6.73. The first-order chi connectivity index (χ1) is 15.5. The molecule has 0 aliphatic heterocycles. The number of anilines is 1. The maximum absolute atomic E-state index is 13.1. The van der Waals surface area contributed by atoms with Crippen LogP contribution in [0.2, 0.25) is 0 Å². The molecule has 2 unspecified atom stereocenters. The molecule has 1 saturated carbocycles. The number of carbonyl (C=O) groups is 1. The van der Waals surface area contributed by atoms with Crippen molar-refractivity contribution in [3.05, 3.63) is 53.1 Å². The maximum atomic E-state index is 13.1. The van der Waals surface area contributed by atoms with E-state index < -0.39 is 21.9 Å². The first-order valence-corrected chi connectivity index (χ1v) is 12.7. The lowest BCUT2D eigenvalue weighted by atomic mass is 9.94. The monoisotopic (exact) mass is 468 g/mol. The van der Waals surface area contributed by atoms with Crippen LogP contribution in [0.1, 0.15) is 62.1 Å². The minimum absolute atomic E-state index is 0.112. The first-order valence-electron chi connectivity index (χ1n) is 11.2. The Hall–Kier alpha value is -2.36. The van der Waals surface area contributed by atoms with Gasteiger partial charge in [0.2, 0.25) is 0 Å². The molecule has 0 saturated heterocycles. The highest BCUT2D eigenvalue weighted by molar-refractivity contribution is 7.91. The van der Waals surface area contributed by atoms with Gasteiger partial charge in [0.05, 0.1) is 10.9 Å². The normalized spacial score (nSPS) is 16.4. The van der Waals surface area contributed by atoms with E-state index in [1.807, 2.05) is 57.1 Å². The van der Waals surface area contributed by atoms with Crippen LogP contribution in [0, 0.1) is 0 Å². The van der Waals surface area contributed by atoms with Crippen molar-refractivity contribution in [2.45, 2.75) is 62.9 Å². The number of amides is 2. The topological polar surface area (TPSA) is 97.0 Å². The molecule has 0 aromatic heterocycles. The highest BCUT2D eigenvalue weighted by Gasteiger charge is 2.30. The second-order valence-corrected chi connectivity index (χ2v) is 11.0. The number of benzene rings is 2. The SMILES string of the molecule is [B]C(C)Oc1cc(C(C)C)c(NC(=O)N=S(N)(=O)c2ccc(CN(C)C)cc2)c(C2CC2)c1. The molecule has 2 radical (unpaired) electrons. The van der Waals surface area contributed by atoms with Crippen molar-refractivity contribution in [2.75, 3.05) is 19.4 Å². The number of urea groups is 1. The Morgan fingerprint density at radius 1 is 1.24 bits per heavy atom. The van der Waals surface area contributed by atoms with E-state index in [4.69, 9.17) is 17.7 Å². The molecule has 1 fully saturated rings. The Balaban J connectivity index is 1.91. The van der Waals surface area contributed by atoms with Gasteiger partial charge in [0.15, 0.2) is 0 Å². The van der Waals surface area contributed by atoms with E-state index in [-0.39, 0.29) is 5.92 Å². The van der Waals surface area contributed by atoms with Crippen LogP contribution in [-0.2, 0) is 16.5 Å². The third-order valence-electron chi connectivity index (χ3n) is 5.34. The first kappa shape index (κ1) is 25.3. The fraction of sp³-hybridized carbons (Fsp3) is 0.458. The van der Waals surface area contributed by atoms with E-state index >= 15 is 0 Å². The predicted molar refractivity (Wildman–Crippen MR) is 134 cm³/mol. The van der Waals surface area contributed by atoms with Gasteiger partial charge in [0, 0.05) is 12.2 Å². The van der Waals surface area contributed by atoms with Crippen LogP contribution in [0.4, 0.5) is 10.5 Å². The molecule has 0 spiro atoms. The summed E-state index contributed by atoms with van der Waals surface area (Å²) in [5.74, 6) is 1.12. The Morgan fingerprint density at radius 2 is 1.88 bits per heavy atom. The number of nitrogens with two attached hydrogens (primary N) is 1. The Labute approximate surface area is 198 Å². The summed E-state index contributed by atoms with van der Waals surface area (Å²) in [7, 11) is 6.36. The van der Waals surface area contributed by atoms with Crippen LogP contribution in [0.25, 0.3) is 0 Å². The number of hydrogen-bond acceptors (Lipinski definition) is 4. The lowest BCUT2D eigenvalue weighted by molar-refractivity contribution is 0.260. The molecule has 0 bridgehead atoms. The smallest absolute Gasteiger partial charge is 0.354 e. The summed E-state index contributed by atoms with van der Waals surface area (Å²) in [6.07, 6.45) is 2.07. The summed E-state index contributed by atoms with van der Waals surface area (Å²) in [6.45, 7) is 6.59. The molecule has 2 amide bonds. The summed E-state index contributed by atoms with van der Waals surface area (Å²) in [5.41, 5.74) is 3.63. The van der Waals surface area contributed by atoms with Gasteiger partial charge >= 0.3 is 6.03 Å². The van der Waals surface area contributed by atoms with E-state index in [9.17, 15) is 9.00 Å². The minimum Gasteiger partial charge on any atom is -0.501 e. The number of ether oxygens (including phenoxy) is 1. The van der Waals surface area contributed by atoms with Gasteiger partial charge in [0.1, 0.15) is 23.5 Å². The number of carbonyl (C=O) groups excluding carboxylic acids is 1. The standard InChI is InChI=1S/C24H33BN4O3S/c1-15(2)21-12-19(32-16(3)25)13-22(18-8-9-18)23(21)27-24(30)28-33(26,31)20-10-6-17(7-11-20)14-29(4)5/h6-7,10-13,15-16,18H,8-9,14H2,1-5H3,(H3,26,27,28,30,31). The number of rotatable bonds is 8. The largest absolute Gasteiger partial charge is 0.501 e. The van der Waals surface area contributed by atoms with E-state index in [1.165, 1.54) is 0 Å². The lowest BCUT2D eigenvalue weighted by Crippen LogP contribution is -2.19. The van der Waals surface area contributed by atoms with E-state index in [0.717, 1.165) is 36.1 Å². The maximum Gasteiger partial charge on any atom is 0.354 e. The van der Waals surface area contributed by atoms with Gasteiger partial charge in [-0.2, -0.15) is 0 Å². The Morgan fingerprint density at radius 3 is 2.39 bits per heavy atom. The molecule has 9 heteroatoms. The highest BCUT2D eigenvalue weighted by Crippen LogP contribution is 2.47. The van der Waals surface area contributed by atoms with Gasteiger partial charge in [-0.15, -0.1) is 4.36 Å². The fourth-order valence-corrected chi connectivity index (χ4v) is 4.64. The highest BCUT2D eigenvalue weighted by atomic mass is 32.2. The quantitative estimate of drug-likeness (QED) is 0.555. The second-order valence-electron chi connectivity index (χ2n) is 9.20. The zero-order valence-electron chi connectivity index (χ0n) is 20.0. The van der Waals surface area contributed by atoms with Gasteiger partial charge in [-0.1, -0.05) is 26.0 Å². The van der Waals surface area contributed by atoms with Crippen LogP contribution in [-0.4, -0.2) is 43.1 Å². The number of nitrogens with zero attached hydrogens (tertiary/aromatic N) is 2. The van der Waals surface area contributed by atoms with E-state index in [0.29, 0.717) is 22.3 Å². The van der Waals surface area contributed by atoms with Crippen molar-refractivity contribution in [1.29, 1.82) is 0 Å². The Kier molecular flexibility index (Phi) is 7.87. The predicted octanol–water partition coefficient (Wildman–Crippen LogP) is 4.58. The second kappa shape index (κ2) is 10.3. The average Bonchev–Trinajstić information content (AvgIpc) is 3.53. The average molecular weight is 468 g/mol. The van der Waals surface area contributed by atoms with E-state index in [1.54, 1.807) is 19.1 Å². The van der Waals surface area contributed by atoms with Crippen LogP contribution < -0.4 is 15.2 Å². The molecule has 3 N–H and O–H groups in total. The molecule has 1 aliphatic carbocycles. The Bertz CT molecular complexity index is 1100. The van der Waals surface area contributed by atoms with Crippen LogP contribution in [0.15, 0.2) is 45.7 Å². The summed E-state index contributed by atoms with van der Waals surface area (Å²) >= 11 is 0. The molecule has 7 nitrogen and oxygen atoms in total. The van der Waals surface area contributed by atoms with Crippen molar-refractivity contribution in [1.82, 2.24) is 4.90 Å². The molecule has 2 aromatic carbocycles. The van der Waals surface area contributed by atoms with Gasteiger partial charge < -0.3 is 15.0 Å². The lowest BCUT2D eigenvalue weighted by Gasteiger charge is -2.21. The van der Waals surface area contributed by atoms with Gasteiger partial charge in [-0.25, -0.2) is 14.1 Å². The molecule has 176 valence electrons. The molecule has 0 heterocycles. The molecular weight excluding hydrogens is 435 g/mol. The summed E-state index contributed by atoms with van der Waals surface area (Å²) in [5, 5.41) is 8.85. The van der Waals surface area contributed by atoms with Crippen molar-refractivity contribution in [3.63, 3.8) is 0 Å². The van der Waals surface area contributed by atoms with Gasteiger partial charge in [0.25, 0.3) is 0 Å². The fourth-order valence-electron chi connectivity index (χ4n) is 3.72. The van der Waals surface area contributed by atoms with Crippen LogP contribution >= 0.6 is 0 Å². The third kappa shape index (κ3) is 6.82. The van der Waals surface area contributed by atoms with Gasteiger partial charge in [-0.05, 0) is 86.7 Å². The van der Waals surface area contributed by atoms with Crippen molar-refractivity contribution < 1.29 is 13.7 Å². The van der Waals surface area contributed by atoms with Crippen LogP contribution in [0.3, 0.4) is 0 Å². The molecule has 2 atom stereocenters. The number of nitrogens with one attached hydrogen (secondary N) is 1.